The molecular formula is C20H20ClN3O2S. The third-order valence-electron chi connectivity index (χ3n) is 3.90. The number of amides is 1. The molecule has 7 heteroatoms. The number of thioether (sulfide) groups is 1. The Morgan fingerprint density at radius 1 is 1.26 bits per heavy atom. The van der Waals surface area contributed by atoms with Gasteiger partial charge in [0.05, 0.1) is 23.7 Å². The van der Waals surface area contributed by atoms with Crippen LogP contribution in [-0.4, -0.2) is 27.8 Å². The van der Waals surface area contributed by atoms with Crippen LogP contribution in [0.4, 0.5) is 5.69 Å². The molecule has 0 atom stereocenters. The number of carbonyl (C=O) groups excluding carboxylic acids is 1. The summed E-state index contributed by atoms with van der Waals surface area (Å²) in [5, 5.41) is 4.32. The van der Waals surface area contributed by atoms with Crippen molar-refractivity contribution in [3.63, 3.8) is 0 Å². The number of hydrogen-bond acceptors (Lipinski definition) is 4. The molecule has 2 aromatic carbocycles. The number of nitrogens with one attached hydrogen (secondary N) is 1. The van der Waals surface area contributed by atoms with Gasteiger partial charge in [-0.1, -0.05) is 41.6 Å². The Morgan fingerprint density at radius 3 is 2.89 bits per heavy atom. The number of imidazole rings is 1. The van der Waals surface area contributed by atoms with Gasteiger partial charge in [-0.25, -0.2) is 4.98 Å². The average Bonchev–Trinajstić information content (AvgIpc) is 3.12. The van der Waals surface area contributed by atoms with E-state index in [-0.39, 0.29) is 11.7 Å². The Morgan fingerprint density at radius 2 is 2.07 bits per heavy atom. The quantitative estimate of drug-likeness (QED) is 0.568. The Labute approximate surface area is 167 Å². The summed E-state index contributed by atoms with van der Waals surface area (Å²) in [6.45, 7) is 4.41. The maximum absolute atomic E-state index is 12.4. The minimum atomic E-state index is -0.121. The van der Waals surface area contributed by atoms with E-state index in [1.54, 1.807) is 6.20 Å². The minimum Gasteiger partial charge on any atom is -0.492 e. The van der Waals surface area contributed by atoms with Crippen LogP contribution in [0.5, 0.6) is 5.75 Å². The Balaban J connectivity index is 1.69. The van der Waals surface area contributed by atoms with Gasteiger partial charge in [0.15, 0.2) is 5.16 Å². The van der Waals surface area contributed by atoms with Crippen molar-refractivity contribution in [1.29, 1.82) is 0 Å². The summed E-state index contributed by atoms with van der Waals surface area (Å²) in [7, 11) is 0. The lowest BCUT2D eigenvalue weighted by Crippen LogP contribution is -2.15. The van der Waals surface area contributed by atoms with Gasteiger partial charge in [0, 0.05) is 17.4 Å². The van der Waals surface area contributed by atoms with Gasteiger partial charge < -0.3 is 10.1 Å². The molecule has 0 spiro atoms. The summed E-state index contributed by atoms with van der Waals surface area (Å²) >= 11 is 7.59. The molecule has 0 aliphatic rings. The number of nitrogens with zero attached hydrogens (tertiary/aromatic N) is 2. The van der Waals surface area contributed by atoms with E-state index < -0.39 is 0 Å². The fourth-order valence-corrected chi connectivity index (χ4v) is 3.54. The second kappa shape index (κ2) is 8.97. The van der Waals surface area contributed by atoms with E-state index >= 15 is 0 Å². The highest BCUT2D eigenvalue weighted by Crippen LogP contribution is 2.27. The molecule has 0 unspecified atom stereocenters. The highest BCUT2D eigenvalue weighted by atomic mass is 35.5. The molecule has 0 saturated heterocycles. The lowest BCUT2D eigenvalue weighted by molar-refractivity contribution is -0.113. The van der Waals surface area contributed by atoms with Crippen LogP contribution in [0, 0.1) is 6.92 Å². The zero-order valence-electron chi connectivity index (χ0n) is 15.1. The largest absolute Gasteiger partial charge is 0.492 e. The predicted octanol–water partition coefficient (Wildman–Crippen LogP) is 4.96. The Bertz CT molecular complexity index is 942. The molecule has 140 valence electrons. The lowest BCUT2D eigenvalue weighted by atomic mass is 10.2. The molecule has 1 heterocycles. The molecule has 0 bridgehead atoms. The molecule has 1 amide bonds. The number of halogens is 1. The summed E-state index contributed by atoms with van der Waals surface area (Å²) in [5.74, 6) is 0.774. The van der Waals surface area contributed by atoms with Crippen LogP contribution in [-0.2, 0) is 4.79 Å². The fourth-order valence-electron chi connectivity index (χ4n) is 2.60. The van der Waals surface area contributed by atoms with Crippen LogP contribution < -0.4 is 10.1 Å². The molecule has 3 aromatic rings. The molecule has 3 rings (SSSR count). The number of para-hydroxylation sites is 2. The molecule has 5 nitrogen and oxygen atoms in total. The molecular weight excluding hydrogens is 382 g/mol. The van der Waals surface area contributed by atoms with Gasteiger partial charge in [-0.3, -0.25) is 9.36 Å². The van der Waals surface area contributed by atoms with Crippen molar-refractivity contribution in [2.75, 3.05) is 17.7 Å². The van der Waals surface area contributed by atoms with Crippen molar-refractivity contribution in [1.82, 2.24) is 9.55 Å². The second-order valence-electron chi connectivity index (χ2n) is 5.73. The average molecular weight is 402 g/mol. The first kappa shape index (κ1) is 19.3. The van der Waals surface area contributed by atoms with E-state index in [0.29, 0.717) is 23.1 Å². The maximum atomic E-state index is 12.4. The highest BCUT2D eigenvalue weighted by molar-refractivity contribution is 7.99. The second-order valence-corrected chi connectivity index (χ2v) is 7.08. The molecule has 0 radical (unpaired) electrons. The van der Waals surface area contributed by atoms with Crippen molar-refractivity contribution in [2.45, 2.75) is 19.0 Å². The van der Waals surface area contributed by atoms with Crippen LogP contribution in [0.25, 0.3) is 5.69 Å². The molecule has 1 aromatic heterocycles. The highest BCUT2D eigenvalue weighted by Gasteiger charge is 2.13. The number of hydrogen-bond donors (Lipinski definition) is 1. The smallest absolute Gasteiger partial charge is 0.234 e. The van der Waals surface area contributed by atoms with E-state index in [1.807, 2.05) is 67.1 Å². The molecule has 0 aliphatic heterocycles. The monoisotopic (exact) mass is 401 g/mol. The SMILES string of the molecule is CCOc1ccccc1NC(=O)CSc1nccn1-c1cccc(Cl)c1C. The van der Waals surface area contributed by atoms with E-state index in [0.717, 1.165) is 16.4 Å². The van der Waals surface area contributed by atoms with Gasteiger partial charge >= 0.3 is 0 Å². The van der Waals surface area contributed by atoms with Crippen LogP contribution in [0.2, 0.25) is 5.02 Å². The molecule has 0 saturated carbocycles. The third-order valence-corrected chi connectivity index (χ3v) is 5.28. The summed E-state index contributed by atoms with van der Waals surface area (Å²) in [4.78, 5) is 16.8. The van der Waals surface area contributed by atoms with Gasteiger partial charge in [-0.2, -0.15) is 0 Å². The number of anilines is 1. The predicted molar refractivity (Wildman–Crippen MR) is 110 cm³/mol. The normalized spacial score (nSPS) is 10.6. The van der Waals surface area contributed by atoms with Crippen LogP contribution in [0.1, 0.15) is 12.5 Å². The third kappa shape index (κ3) is 4.64. The number of rotatable bonds is 7. The zero-order chi connectivity index (χ0) is 19.2. The lowest BCUT2D eigenvalue weighted by Gasteiger charge is -2.12. The summed E-state index contributed by atoms with van der Waals surface area (Å²) in [6, 6.07) is 13.1. The first-order valence-electron chi connectivity index (χ1n) is 8.53. The number of ether oxygens (including phenoxy) is 1. The van der Waals surface area contributed by atoms with Crippen molar-refractivity contribution < 1.29 is 9.53 Å². The Kier molecular flexibility index (Phi) is 6.42. The Hall–Kier alpha value is -2.44. The first-order valence-corrected chi connectivity index (χ1v) is 9.89. The van der Waals surface area contributed by atoms with Gasteiger partial charge in [-0.15, -0.1) is 0 Å². The van der Waals surface area contributed by atoms with Gasteiger partial charge in [0.1, 0.15) is 5.75 Å². The van der Waals surface area contributed by atoms with E-state index in [9.17, 15) is 4.79 Å². The molecule has 0 fully saturated rings. The summed E-state index contributed by atoms with van der Waals surface area (Å²) < 4.78 is 7.48. The minimum absolute atomic E-state index is 0.121. The van der Waals surface area contributed by atoms with Crippen molar-refractivity contribution in [2.24, 2.45) is 0 Å². The fraction of sp³-hybridized carbons (Fsp3) is 0.200. The van der Waals surface area contributed by atoms with Crippen LogP contribution in [0.15, 0.2) is 60.0 Å². The van der Waals surface area contributed by atoms with E-state index in [4.69, 9.17) is 16.3 Å². The van der Waals surface area contributed by atoms with Gasteiger partial charge in [0.2, 0.25) is 5.91 Å². The molecule has 0 aliphatic carbocycles. The summed E-state index contributed by atoms with van der Waals surface area (Å²) in [6.07, 6.45) is 3.58. The van der Waals surface area contributed by atoms with Crippen molar-refractivity contribution in [3.05, 3.63) is 65.4 Å². The van der Waals surface area contributed by atoms with Gasteiger partial charge in [0.25, 0.3) is 0 Å². The standard InChI is InChI=1S/C20H20ClN3O2S/c1-3-26-18-10-5-4-8-16(18)23-19(25)13-27-20-22-11-12-24(20)17-9-6-7-15(21)14(17)2/h4-12H,3,13H2,1-2H3,(H,23,25). The van der Waals surface area contributed by atoms with Crippen molar-refractivity contribution in [3.8, 4) is 11.4 Å². The molecule has 1 N–H and O–H groups in total. The van der Waals surface area contributed by atoms with Gasteiger partial charge in [-0.05, 0) is 43.7 Å². The van der Waals surface area contributed by atoms with Crippen LogP contribution in [0.3, 0.4) is 0 Å². The summed E-state index contributed by atoms with van der Waals surface area (Å²) in [5.41, 5.74) is 2.58. The number of aromatic nitrogens is 2. The number of carbonyl (C=O) groups is 1. The van der Waals surface area contributed by atoms with Crippen LogP contribution >= 0.6 is 23.4 Å². The first-order chi connectivity index (χ1) is 13.1. The maximum Gasteiger partial charge on any atom is 0.234 e. The molecule has 27 heavy (non-hydrogen) atoms. The van der Waals surface area contributed by atoms with Crippen molar-refractivity contribution >= 4 is 35.0 Å². The number of benzene rings is 2. The topological polar surface area (TPSA) is 56.1 Å². The van der Waals surface area contributed by atoms with E-state index in [1.165, 1.54) is 11.8 Å². The zero-order valence-corrected chi connectivity index (χ0v) is 16.7. The van der Waals surface area contributed by atoms with E-state index in [2.05, 4.69) is 10.3 Å².